The van der Waals surface area contributed by atoms with Crippen LogP contribution in [0.5, 0.6) is 0 Å². The number of halogens is 1. The van der Waals surface area contributed by atoms with Crippen molar-refractivity contribution in [1.29, 1.82) is 0 Å². The highest BCUT2D eigenvalue weighted by molar-refractivity contribution is 5.85. The molecule has 0 bridgehead atoms. The molecule has 0 fully saturated rings. The highest BCUT2D eigenvalue weighted by Crippen LogP contribution is 2.06. The van der Waals surface area contributed by atoms with E-state index in [0.717, 1.165) is 18.5 Å². The maximum absolute atomic E-state index is 5.88. The van der Waals surface area contributed by atoms with E-state index in [1.807, 2.05) is 0 Å². The topological polar surface area (TPSA) is 67.6 Å². The Morgan fingerprint density at radius 1 is 1.54 bits per heavy atom. The second kappa shape index (κ2) is 5.94. The van der Waals surface area contributed by atoms with Crippen LogP contribution < -0.4 is 5.73 Å². The zero-order valence-corrected chi connectivity index (χ0v) is 8.84. The van der Waals surface area contributed by atoms with Gasteiger partial charge in [0.05, 0.1) is 11.9 Å². The van der Waals surface area contributed by atoms with Crippen LogP contribution >= 0.6 is 12.4 Å². The number of nitrogens with one attached hydrogen (secondary N) is 1. The van der Waals surface area contributed by atoms with Crippen molar-refractivity contribution in [3.8, 4) is 0 Å². The van der Waals surface area contributed by atoms with Crippen molar-refractivity contribution in [2.45, 2.75) is 32.7 Å². The van der Waals surface area contributed by atoms with Crippen molar-refractivity contribution in [2.75, 3.05) is 0 Å². The Morgan fingerprint density at radius 3 is 2.69 bits per heavy atom. The standard InChI is InChI=1S/C8H16N4.ClH/c1-6(2)3-7(9)4-8-5-10-12-11-8;/h5-7H,3-4,9H2,1-2H3,(H,10,11,12);1H/t7-;/m0./s1. The maximum atomic E-state index is 5.88. The average Bonchev–Trinajstić information content (AvgIpc) is 2.37. The summed E-state index contributed by atoms with van der Waals surface area (Å²) in [4.78, 5) is 0. The number of nitrogens with zero attached hydrogens (tertiary/aromatic N) is 2. The van der Waals surface area contributed by atoms with Crippen LogP contribution in [0, 0.1) is 5.92 Å². The zero-order valence-electron chi connectivity index (χ0n) is 8.03. The minimum absolute atomic E-state index is 0. The van der Waals surface area contributed by atoms with Gasteiger partial charge >= 0.3 is 0 Å². The molecule has 0 aliphatic carbocycles. The second-order valence-electron chi connectivity index (χ2n) is 3.56. The second-order valence-corrected chi connectivity index (χ2v) is 3.56. The molecule has 13 heavy (non-hydrogen) atoms. The molecular weight excluding hydrogens is 188 g/mol. The lowest BCUT2D eigenvalue weighted by Gasteiger charge is -2.11. The Morgan fingerprint density at radius 2 is 2.23 bits per heavy atom. The molecule has 4 nitrogen and oxygen atoms in total. The number of nitrogens with two attached hydrogens (primary N) is 1. The fourth-order valence-corrected chi connectivity index (χ4v) is 1.28. The van der Waals surface area contributed by atoms with E-state index in [1.54, 1.807) is 6.20 Å². The van der Waals surface area contributed by atoms with Gasteiger partial charge in [0, 0.05) is 12.5 Å². The van der Waals surface area contributed by atoms with Crippen LogP contribution in [0.3, 0.4) is 0 Å². The first-order valence-corrected chi connectivity index (χ1v) is 4.28. The van der Waals surface area contributed by atoms with E-state index < -0.39 is 0 Å². The fourth-order valence-electron chi connectivity index (χ4n) is 1.28. The summed E-state index contributed by atoms with van der Waals surface area (Å²) in [6, 6.07) is 0.204. The average molecular weight is 205 g/mol. The third-order valence-electron chi connectivity index (χ3n) is 1.71. The first-order chi connectivity index (χ1) is 5.68. The number of aromatic amines is 1. The molecule has 0 aliphatic heterocycles. The monoisotopic (exact) mass is 204 g/mol. The maximum Gasteiger partial charge on any atom is 0.0840 e. The molecule has 0 amide bonds. The predicted molar refractivity (Wildman–Crippen MR) is 54.8 cm³/mol. The quantitative estimate of drug-likeness (QED) is 0.773. The summed E-state index contributed by atoms with van der Waals surface area (Å²) in [6.07, 6.45) is 3.57. The van der Waals surface area contributed by atoms with Crippen LogP contribution in [0.15, 0.2) is 6.20 Å². The van der Waals surface area contributed by atoms with E-state index in [0.29, 0.717) is 5.92 Å². The normalized spacial score (nSPS) is 12.6. The van der Waals surface area contributed by atoms with Crippen LogP contribution in [-0.2, 0) is 6.42 Å². The van der Waals surface area contributed by atoms with Gasteiger partial charge in [-0.1, -0.05) is 13.8 Å². The molecule has 3 N–H and O–H groups in total. The molecule has 1 aromatic rings. The Balaban J connectivity index is 0.00000144. The summed E-state index contributed by atoms with van der Waals surface area (Å²) >= 11 is 0. The van der Waals surface area contributed by atoms with Gasteiger partial charge in [-0.25, -0.2) is 0 Å². The SMILES string of the molecule is CC(C)C[C@H](N)Cc1cn[nH]n1.Cl. The Labute approximate surface area is 84.7 Å². The summed E-state index contributed by atoms with van der Waals surface area (Å²) in [5, 5.41) is 10.2. The molecule has 1 heterocycles. The van der Waals surface area contributed by atoms with Crippen LogP contribution in [-0.4, -0.2) is 21.5 Å². The molecule has 0 aromatic carbocycles. The van der Waals surface area contributed by atoms with Crippen LogP contribution in [0.2, 0.25) is 0 Å². The molecule has 76 valence electrons. The molecule has 0 spiro atoms. The highest BCUT2D eigenvalue weighted by Gasteiger charge is 2.07. The van der Waals surface area contributed by atoms with Crippen molar-refractivity contribution in [3.63, 3.8) is 0 Å². The van der Waals surface area contributed by atoms with E-state index in [1.165, 1.54) is 0 Å². The summed E-state index contributed by atoms with van der Waals surface area (Å²) in [5.41, 5.74) is 6.83. The molecule has 0 saturated carbocycles. The van der Waals surface area contributed by atoms with Crippen LogP contribution in [0.25, 0.3) is 0 Å². The van der Waals surface area contributed by atoms with E-state index >= 15 is 0 Å². The van der Waals surface area contributed by atoms with E-state index in [2.05, 4.69) is 29.3 Å². The van der Waals surface area contributed by atoms with Gasteiger partial charge in [-0.05, 0) is 12.3 Å². The minimum atomic E-state index is 0. The number of aromatic nitrogens is 3. The van der Waals surface area contributed by atoms with Gasteiger partial charge in [-0.2, -0.15) is 15.4 Å². The summed E-state index contributed by atoms with van der Waals surface area (Å²) in [5.74, 6) is 0.645. The third-order valence-corrected chi connectivity index (χ3v) is 1.71. The van der Waals surface area contributed by atoms with Gasteiger partial charge in [-0.3, -0.25) is 0 Å². The zero-order chi connectivity index (χ0) is 8.97. The van der Waals surface area contributed by atoms with Crippen molar-refractivity contribution in [3.05, 3.63) is 11.9 Å². The summed E-state index contributed by atoms with van der Waals surface area (Å²) < 4.78 is 0. The smallest absolute Gasteiger partial charge is 0.0840 e. The van der Waals surface area contributed by atoms with Crippen molar-refractivity contribution >= 4 is 12.4 Å². The number of H-pyrrole nitrogens is 1. The van der Waals surface area contributed by atoms with Crippen molar-refractivity contribution in [2.24, 2.45) is 11.7 Å². The molecule has 1 aromatic heterocycles. The number of rotatable bonds is 4. The first-order valence-electron chi connectivity index (χ1n) is 4.28. The molecule has 1 rings (SSSR count). The van der Waals surface area contributed by atoms with Crippen LogP contribution in [0.4, 0.5) is 0 Å². The van der Waals surface area contributed by atoms with Gasteiger partial charge < -0.3 is 5.73 Å². The van der Waals surface area contributed by atoms with Crippen molar-refractivity contribution in [1.82, 2.24) is 15.4 Å². The van der Waals surface area contributed by atoms with Gasteiger partial charge in [0.25, 0.3) is 0 Å². The Bertz CT molecular complexity index is 210. The lowest BCUT2D eigenvalue weighted by molar-refractivity contribution is 0.490. The number of hydrogen-bond donors (Lipinski definition) is 2. The Hall–Kier alpha value is -0.610. The van der Waals surface area contributed by atoms with Crippen molar-refractivity contribution < 1.29 is 0 Å². The third kappa shape index (κ3) is 4.85. The van der Waals surface area contributed by atoms with E-state index in [-0.39, 0.29) is 18.4 Å². The van der Waals surface area contributed by atoms with Gasteiger partial charge in [-0.15, -0.1) is 12.4 Å². The minimum Gasteiger partial charge on any atom is -0.327 e. The molecular formula is C8H17ClN4. The van der Waals surface area contributed by atoms with Gasteiger partial charge in [0.2, 0.25) is 0 Å². The lowest BCUT2D eigenvalue weighted by Crippen LogP contribution is -2.24. The van der Waals surface area contributed by atoms with Gasteiger partial charge in [0.15, 0.2) is 0 Å². The highest BCUT2D eigenvalue weighted by atomic mass is 35.5. The molecule has 0 radical (unpaired) electrons. The molecule has 1 atom stereocenters. The lowest BCUT2D eigenvalue weighted by atomic mass is 10.0. The van der Waals surface area contributed by atoms with Gasteiger partial charge in [0.1, 0.15) is 0 Å². The fraction of sp³-hybridized carbons (Fsp3) is 0.750. The number of hydrogen-bond acceptors (Lipinski definition) is 3. The molecule has 0 aliphatic rings. The molecule has 0 saturated heterocycles. The molecule has 5 heteroatoms. The first kappa shape index (κ1) is 12.4. The Kier molecular flexibility index (Phi) is 5.66. The predicted octanol–water partition coefficient (Wildman–Crippen LogP) is 1.14. The largest absolute Gasteiger partial charge is 0.327 e. The van der Waals surface area contributed by atoms with E-state index in [4.69, 9.17) is 5.73 Å². The van der Waals surface area contributed by atoms with E-state index in [9.17, 15) is 0 Å². The summed E-state index contributed by atoms with van der Waals surface area (Å²) in [7, 11) is 0. The summed E-state index contributed by atoms with van der Waals surface area (Å²) in [6.45, 7) is 4.34. The van der Waals surface area contributed by atoms with Crippen LogP contribution in [0.1, 0.15) is 26.0 Å². The molecule has 0 unspecified atom stereocenters.